The molecule has 2 N–H and O–H groups in total. The number of hydrazone groups is 1. The number of carbonyl (C=O) groups excluding carboxylic acids is 2. The number of aromatic amines is 1. The Bertz CT molecular complexity index is 1460. The Kier molecular flexibility index (Phi) is 5.69. The van der Waals surface area contributed by atoms with Gasteiger partial charge in [0, 0.05) is 19.3 Å². The predicted molar refractivity (Wildman–Crippen MR) is 127 cm³/mol. The molecule has 2 amide bonds. The van der Waals surface area contributed by atoms with Crippen LogP contribution in [0.4, 0.5) is 5.69 Å². The summed E-state index contributed by atoms with van der Waals surface area (Å²) in [5.41, 5.74) is 3.00. The molecule has 2 aromatic carbocycles. The molecule has 0 atom stereocenters. The summed E-state index contributed by atoms with van der Waals surface area (Å²) in [4.78, 5) is 43.9. The molecule has 1 aliphatic rings. The zero-order valence-electron chi connectivity index (χ0n) is 18.1. The lowest BCUT2D eigenvalue weighted by atomic mass is 10.1. The Labute approximate surface area is 193 Å². The van der Waals surface area contributed by atoms with Crippen molar-refractivity contribution in [3.63, 3.8) is 0 Å². The summed E-state index contributed by atoms with van der Waals surface area (Å²) in [5.74, 6) is -0.509. The lowest BCUT2D eigenvalue weighted by Crippen LogP contribution is -2.25. The van der Waals surface area contributed by atoms with E-state index in [9.17, 15) is 14.4 Å². The molecule has 2 aromatic heterocycles. The quantitative estimate of drug-likeness (QED) is 0.462. The van der Waals surface area contributed by atoms with Crippen LogP contribution < -0.4 is 10.9 Å². The van der Waals surface area contributed by atoms with Gasteiger partial charge < -0.3 is 10.3 Å². The monoisotopic (exact) mass is 455 g/mol. The van der Waals surface area contributed by atoms with E-state index >= 15 is 0 Å². The predicted octanol–water partition coefficient (Wildman–Crippen LogP) is 2.46. The van der Waals surface area contributed by atoms with Crippen LogP contribution in [0, 0.1) is 0 Å². The highest BCUT2D eigenvalue weighted by atomic mass is 16.2. The van der Waals surface area contributed by atoms with Gasteiger partial charge in [-0.25, -0.2) is 14.7 Å². The summed E-state index contributed by atoms with van der Waals surface area (Å²) in [6.45, 7) is 0.506. The van der Waals surface area contributed by atoms with Crippen LogP contribution in [0.5, 0.6) is 0 Å². The van der Waals surface area contributed by atoms with Crippen molar-refractivity contribution in [1.82, 2.24) is 24.8 Å². The molecule has 0 spiro atoms. The number of amides is 2. The largest absolute Gasteiger partial charge is 0.324 e. The van der Waals surface area contributed by atoms with E-state index in [0.29, 0.717) is 35.4 Å². The molecule has 1 aliphatic heterocycles. The maximum absolute atomic E-state index is 12.6. The van der Waals surface area contributed by atoms with Crippen LogP contribution in [0.3, 0.4) is 0 Å². The molecule has 5 rings (SSSR count). The summed E-state index contributed by atoms with van der Waals surface area (Å²) in [6.07, 6.45) is 3.47. The zero-order valence-corrected chi connectivity index (χ0v) is 18.1. The number of rotatable bonds is 6. The molecular weight excluding hydrogens is 434 g/mol. The van der Waals surface area contributed by atoms with Crippen LogP contribution in [-0.4, -0.2) is 48.8 Å². The molecule has 0 saturated heterocycles. The molecule has 4 aromatic rings. The Morgan fingerprint density at radius 3 is 2.68 bits per heavy atom. The molecule has 0 fully saturated rings. The average molecular weight is 455 g/mol. The summed E-state index contributed by atoms with van der Waals surface area (Å²) in [5, 5.41) is 13.3. The Morgan fingerprint density at radius 2 is 1.82 bits per heavy atom. The maximum atomic E-state index is 12.6. The molecule has 170 valence electrons. The number of carbonyl (C=O) groups is 2. The van der Waals surface area contributed by atoms with Gasteiger partial charge in [-0.05, 0) is 17.7 Å². The summed E-state index contributed by atoms with van der Waals surface area (Å²) >= 11 is 0. The standard InChI is InChI=1S/C24H21N7O3/c32-21(10-11-22(33)30-13-12-18(29-30)16-6-2-1-3-7-16)28-19-8-4-5-9-20(19)31-23-17(14-27-31)24(34)26-15-25-23/h1-9,14-15H,10-13H2,(H,28,32)(H,25,26,34). The van der Waals surface area contributed by atoms with Gasteiger partial charge in [-0.15, -0.1) is 0 Å². The van der Waals surface area contributed by atoms with Crippen molar-refractivity contribution >= 4 is 34.2 Å². The van der Waals surface area contributed by atoms with Gasteiger partial charge in [0.1, 0.15) is 5.39 Å². The second-order valence-corrected chi connectivity index (χ2v) is 7.77. The van der Waals surface area contributed by atoms with E-state index in [1.807, 2.05) is 30.3 Å². The second-order valence-electron chi connectivity index (χ2n) is 7.77. The number of anilines is 1. The second kappa shape index (κ2) is 9.10. The lowest BCUT2D eigenvalue weighted by Gasteiger charge is -2.13. The lowest BCUT2D eigenvalue weighted by molar-refractivity contribution is -0.132. The van der Waals surface area contributed by atoms with Crippen molar-refractivity contribution in [2.24, 2.45) is 5.10 Å². The van der Waals surface area contributed by atoms with Gasteiger partial charge in [-0.1, -0.05) is 42.5 Å². The minimum atomic E-state index is -0.311. The SMILES string of the molecule is O=C(CCC(=O)N1CCC(c2ccccc2)=N1)Nc1ccccc1-n1ncc2c(=O)[nH]cnc21. The highest BCUT2D eigenvalue weighted by molar-refractivity contribution is 6.03. The van der Waals surface area contributed by atoms with Crippen LogP contribution in [0.1, 0.15) is 24.8 Å². The molecule has 0 bridgehead atoms. The van der Waals surface area contributed by atoms with Gasteiger partial charge in [0.2, 0.25) is 11.8 Å². The Balaban J connectivity index is 1.25. The van der Waals surface area contributed by atoms with E-state index in [4.69, 9.17) is 0 Å². The van der Waals surface area contributed by atoms with Crippen LogP contribution in [-0.2, 0) is 9.59 Å². The fourth-order valence-corrected chi connectivity index (χ4v) is 3.83. The van der Waals surface area contributed by atoms with Gasteiger partial charge in [-0.3, -0.25) is 14.4 Å². The molecule has 0 saturated carbocycles. The summed E-state index contributed by atoms with van der Waals surface area (Å²) in [7, 11) is 0. The van der Waals surface area contributed by atoms with E-state index in [2.05, 4.69) is 25.5 Å². The van der Waals surface area contributed by atoms with E-state index in [1.165, 1.54) is 22.2 Å². The average Bonchev–Trinajstić information content (AvgIpc) is 3.52. The van der Waals surface area contributed by atoms with Crippen LogP contribution in [0.25, 0.3) is 16.7 Å². The molecule has 0 aliphatic carbocycles. The topological polar surface area (TPSA) is 125 Å². The smallest absolute Gasteiger partial charge is 0.261 e. The first kappa shape index (κ1) is 21.3. The number of hydrogen-bond acceptors (Lipinski definition) is 6. The van der Waals surface area contributed by atoms with Gasteiger partial charge >= 0.3 is 0 Å². The first-order valence-electron chi connectivity index (χ1n) is 10.8. The fourth-order valence-electron chi connectivity index (χ4n) is 3.83. The van der Waals surface area contributed by atoms with Crippen molar-refractivity contribution in [2.75, 3.05) is 11.9 Å². The van der Waals surface area contributed by atoms with Gasteiger partial charge in [0.25, 0.3) is 5.56 Å². The highest BCUT2D eigenvalue weighted by Crippen LogP contribution is 2.22. The highest BCUT2D eigenvalue weighted by Gasteiger charge is 2.22. The van der Waals surface area contributed by atoms with Crippen molar-refractivity contribution in [1.29, 1.82) is 0 Å². The number of fused-ring (bicyclic) bond motifs is 1. The third kappa shape index (κ3) is 4.20. The van der Waals surface area contributed by atoms with E-state index in [-0.39, 0.29) is 30.2 Å². The molecule has 0 unspecified atom stereocenters. The van der Waals surface area contributed by atoms with Gasteiger partial charge in [0.15, 0.2) is 5.65 Å². The van der Waals surface area contributed by atoms with Crippen molar-refractivity contribution in [2.45, 2.75) is 19.3 Å². The molecule has 34 heavy (non-hydrogen) atoms. The minimum absolute atomic E-state index is 0.0115. The molecule has 10 heteroatoms. The normalized spacial score (nSPS) is 13.2. The number of para-hydroxylation sites is 2. The van der Waals surface area contributed by atoms with Gasteiger partial charge in [-0.2, -0.15) is 10.2 Å². The first-order chi connectivity index (χ1) is 16.6. The van der Waals surface area contributed by atoms with E-state index in [0.717, 1.165) is 11.3 Å². The number of benzene rings is 2. The third-order valence-corrected chi connectivity index (χ3v) is 5.54. The maximum Gasteiger partial charge on any atom is 0.261 e. The van der Waals surface area contributed by atoms with Crippen molar-refractivity contribution < 1.29 is 9.59 Å². The number of H-pyrrole nitrogens is 1. The number of nitrogens with zero attached hydrogens (tertiary/aromatic N) is 5. The number of hydrogen-bond donors (Lipinski definition) is 2. The fraction of sp³-hybridized carbons (Fsp3) is 0.167. The van der Waals surface area contributed by atoms with E-state index in [1.54, 1.807) is 24.3 Å². The Morgan fingerprint density at radius 1 is 1.03 bits per heavy atom. The third-order valence-electron chi connectivity index (χ3n) is 5.54. The number of nitrogens with one attached hydrogen (secondary N) is 2. The van der Waals surface area contributed by atoms with Crippen LogP contribution in [0.15, 0.2) is 77.0 Å². The van der Waals surface area contributed by atoms with Crippen molar-refractivity contribution in [3.8, 4) is 5.69 Å². The van der Waals surface area contributed by atoms with Gasteiger partial charge in [0.05, 0.1) is 36.2 Å². The van der Waals surface area contributed by atoms with Crippen LogP contribution in [0.2, 0.25) is 0 Å². The molecule has 10 nitrogen and oxygen atoms in total. The molecule has 3 heterocycles. The first-order valence-corrected chi connectivity index (χ1v) is 10.8. The minimum Gasteiger partial charge on any atom is -0.324 e. The molecular formula is C24H21N7O3. The van der Waals surface area contributed by atoms with Crippen molar-refractivity contribution in [3.05, 3.63) is 83.0 Å². The Hall–Kier alpha value is -4.60. The van der Waals surface area contributed by atoms with Crippen LogP contribution >= 0.6 is 0 Å². The summed E-state index contributed by atoms with van der Waals surface area (Å²) < 4.78 is 1.50. The zero-order chi connectivity index (χ0) is 23.5. The van der Waals surface area contributed by atoms with E-state index < -0.39 is 0 Å². The number of aromatic nitrogens is 4. The molecule has 0 radical (unpaired) electrons. The summed E-state index contributed by atoms with van der Waals surface area (Å²) in [6, 6.07) is 16.8.